The average Bonchev–Trinajstić information content (AvgIpc) is 2.49. The predicted molar refractivity (Wildman–Crippen MR) is 68.7 cm³/mol. The Bertz CT molecular complexity index is 335. The van der Waals surface area contributed by atoms with E-state index in [2.05, 4.69) is 34.7 Å². The summed E-state index contributed by atoms with van der Waals surface area (Å²) in [5.41, 5.74) is 0. The molecule has 1 heterocycles. The van der Waals surface area contributed by atoms with Crippen LogP contribution in [-0.4, -0.2) is 30.8 Å². The first-order chi connectivity index (χ1) is 6.99. The lowest BCUT2D eigenvalue weighted by atomic mass is 10.2. The second kappa shape index (κ2) is 5.77. The van der Waals surface area contributed by atoms with Gasteiger partial charge in [0.05, 0.1) is 15.2 Å². The van der Waals surface area contributed by atoms with E-state index in [1.165, 1.54) is 11.3 Å². The molecule has 4 heteroatoms. The number of carbonyl (C=O) groups excluding carboxylic acids is 1. The quantitative estimate of drug-likeness (QED) is 0.776. The summed E-state index contributed by atoms with van der Waals surface area (Å²) in [4.78, 5) is 14.7. The van der Waals surface area contributed by atoms with Gasteiger partial charge in [0.2, 0.25) is 0 Å². The molecule has 0 fully saturated rings. The lowest BCUT2D eigenvalue weighted by Gasteiger charge is -2.17. The Hall–Kier alpha value is -0.190. The first kappa shape index (κ1) is 12.9. The number of likely N-dealkylation sites (N-methyl/N-ethyl adjacent to an activating group) is 1. The van der Waals surface area contributed by atoms with Gasteiger partial charge in [0.15, 0.2) is 5.78 Å². The molecular weight excluding hydrogens is 274 g/mol. The molecule has 0 unspecified atom stereocenters. The lowest BCUT2D eigenvalue weighted by molar-refractivity contribution is 0.0944. The Morgan fingerprint density at radius 2 is 2.20 bits per heavy atom. The molecule has 0 saturated heterocycles. The van der Waals surface area contributed by atoms with Gasteiger partial charge in [0.25, 0.3) is 0 Å². The first-order valence-electron chi connectivity index (χ1n) is 4.96. The van der Waals surface area contributed by atoms with E-state index in [9.17, 15) is 4.79 Å². The van der Waals surface area contributed by atoms with Crippen molar-refractivity contribution in [3.8, 4) is 0 Å². The van der Waals surface area contributed by atoms with Gasteiger partial charge in [-0.05, 0) is 41.0 Å². The summed E-state index contributed by atoms with van der Waals surface area (Å²) >= 11 is 4.86. The molecule has 0 aromatic carbocycles. The fourth-order valence-electron chi connectivity index (χ4n) is 1.48. The highest BCUT2D eigenvalue weighted by molar-refractivity contribution is 9.11. The van der Waals surface area contributed by atoms with Gasteiger partial charge in [-0.3, -0.25) is 9.69 Å². The topological polar surface area (TPSA) is 20.3 Å². The maximum atomic E-state index is 11.8. The summed E-state index contributed by atoms with van der Waals surface area (Å²) in [7, 11) is 1.99. The van der Waals surface area contributed by atoms with Crippen LogP contribution in [-0.2, 0) is 0 Å². The maximum Gasteiger partial charge on any atom is 0.186 e. The Balaban J connectivity index is 2.49. The fraction of sp³-hybridized carbons (Fsp3) is 0.545. The van der Waals surface area contributed by atoms with Crippen LogP contribution >= 0.6 is 27.3 Å². The number of Topliss-reactive ketones (excluding diaryl/α,β-unsaturated/α-hetero) is 1. The molecule has 0 spiro atoms. The molecule has 1 rings (SSSR count). The van der Waals surface area contributed by atoms with E-state index >= 15 is 0 Å². The van der Waals surface area contributed by atoms with Gasteiger partial charge in [-0.2, -0.15) is 0 Å². The minimum absolute atomic E-state index is 0.203. The molecule has 1 aromatic rings. The maximum absolute atomic E-state index is 11.8. The Morgan fingerprint density at radius 1 is 1.53 bits per heavy atom. The molecule has 15 heavy (non-hydrogen) atoms. The van der Waals surface area contributed by atoms with Crippen LogP contribution in [0.3, 0.4) is 0 Å². The average molecular weight is 290 g/mol. The van der Waals surface area contributed by atoms with Crippen LogP contribution in [0.25, 0.3) is 0 Å². The van der Waals surface area contributed by atoms with Gasteiger partial charge < -0.3 is 0 Å². The van der Waals surface area contributed by atoms with Crippen molar-refractivity contribution < 1.29 is 4.79 Å². The molecule has 0 bridgehead atoms. The monoisotopic (exact) mass is 289 g/mol. The van der Waals surface area contributed by atoms with Crippen molar-refractivity contribution >= 4 is 33.0 Å². The summed E-state index contributed by atoms with van der Waals surface area (Å²) < 4.78 is 1.01. The number of nitrogens with zero attached hydrogens (tertiary/aromatic N) is 1. The number of hydrogen-bond acceptors (Lipinski definition) is 3. The Kier molecular flexibility index (Phi) is 4.96. The van der Waals surface area contributed by atoms with Crippen molar-refractivity contribution in [2.24, 2.45) is 5.92 Å². The lowest BCUT2D eigenvalue weighted by Crippen LogP contribution is -2.29. The van der Waals surface area contributed by atoms with Crippen LogP contribution in [0.1, 0.15) is 23.5 Å². The van der Waals surface area contributed by atoms with Gasteiger partial charge in [-0.1, -0.05) is 13.8 Å². The van der Waals surface area contributed by atoms with E-state index in [1.807, 2.05) is 19.2 Å². The zero-order chi connectivity index (χ0) is 11.4. The van der Waals surface area contributed by atoms with Crippen molar-refractivity contribution in [3.63, 3.8) is 0 Å². The number of ketones is 1. The molecule has 0 amide bonds. The first-order valence-corrected chi connectivity index (χ1v) is 6.57. The number of hydrogen-bond donors (Lipinski definition) is 0. The molecule has 1 aromatic heterocycles. The van der Waals surface area contributed by atoms with Crippen LogP contribution in [0, 0.1) is 5.92 Å². The molecule has 0 N–H and O–H groups in total. The number of carbonyl (C=O) groups is 1. The van der Waals surface area contributed by atoms with E-state index in [1.54, 1.807) is 0 Å². The minimum Gasteiger partial charge on any atom is -0.299 e. The van der Waals surface area contributed by atoms with Gasteiger partial charge in [0.1, 0.15) is 0 Å². The Morgan fingerprint density at radius 3 is 2.67 bits per heavy atom. The zero-order valence-corrected chi connectivity index (χ0v) is 11.7. The molecule has 0 aliphatic carbocycles. The highest BCUT2D eigenvalue weighted by atomic mass is 79.9. The van der Waals surface area contributed by atoms with Gasteiger partial charge in [-0.25, -0.2) is 0 Å². The third kappa shape index (κ3) is 4.45. The summed E-state index contributed by atoms with van der Waals surface area (Å²) in [5.74, 6) is 0.798. The molecule has 2 nitrogen and oxygen atoms in total. The van der Waals surface area contributed by atoms with Crippen LogP contribution in [0.5, 0.6) is 0 Å². The van der Waals surface area contributed by atoms with Crippen LogP contribution in [0.15, 0.2) is 15.9 Å². The summed E-state index contributed by atoms with van der Waals surface area (Å²) in [6, 6.07) is 3.79. The van der Waals surface area contributed by atoms with E-state index in [-0.39, 0.29) is 5.78 Å². The SMILES string of the molecule is CC(C)CN(C)CC(=O)c1ccc(Br)s1. The van der Waals surface area contributed by atoms with Crippen LogP contribution in [0.4, 0.5) is 0 Å². The number of thiophene rings is 1. The van der Waals surface area contributed by atoms with Crippen molar-refractivity contribution in [1.29, 1.82) is 0 Å². The largest absolute Gasteiger partial charge is 0.299 e. The van der Waals surface area contributed by atoms with E-state index in [4.69, 9.17) is 0 Å². The molecular formula is C11H16BrNOS. The molecule has 0 aliphatic rings. The fourth-order valence-corrected chi connectivity index (χ4v) is 2.79. The highest BCUT2D eigenvalue weighted by Gasteiger charge is 2.11. The second-order valence-corrected chi connectivity index (χ2v) is 6.58. The van der Waals surface area contributed by atoms with Crippen LogP contribution in [0.2, 0.25) is 0 Å². The normalized spacial score (nSPS) is 11.3. The number of halogens is 1. The minimum atomic E-state index is 0.203. The third-order valence-electron chi connectivity index (χ3n) is 1.94. The third-order valence-corrected chi connectivity index (χ3v) is 3.60. The smallest absolute Gasteiger partial charge is 0.186 e. The van der Waals surface area contributed by atoms with Gasteiger partial charge in [-0.15, -0.1) is 11.3 Å². The Labute approximate surface area is 103 Å². The van der Waals surface area contributed by atoms with Crippen LogP contribution < -0.4 is 0 Å². The predicted octanol–water partition coefficient (Wildman–Crippen LogP) is 3.28. The standard InChI is InChI=1S/C11H16BrNOS/c1-8(2)6-13(3)7-9(14)10-4-5-11(12)15-10/h4-5,8H,6-7H2,1-3H3. The highest BCUT2D eigenvalue weighted by Crippen LogP contribution is 2.22. The molecule has 0 atom stereocenters. The zero-order valence-electron chi connectivity index (χ0n) is 9.29. The van der Waals surface area contributed by atoms with Crippen molar-refractivity contribution in [3.05, 3.63) is 20.8 Å². The van der Waals surface area contributed by atoms with E-state index in [0.717, 1.165) is 15.2 Å². The molecule has 0 aliphatic heterocycles. The van der Waals surface area contributed by atoms with Crippen molar-refractivity contribution in [1.82, 2.24) is 4.90 Å². The van der Waals surface area contributed by atoms with Crippen molar-refractivity contribution in [2.45, 2.75) is 13.8 Å². The van der Waals surface area contributed by atoms with Gasteiger partial charge >= 0.3 is 0 Å². The summed E-state index contributed by atoms with van der Waals surface area (Å²) in [6.07, 6.45) is 0. The van der Waals surface area contributed by atoms with E-state index < -0.39 is 0 Å². The summed E-state index contributed by atoms with van der Waals surface area (Å²) in [5, 5.41) is 0. The summed E-state index contributed by atoms with van der Waals surface area (Å²) in [6.45, 7) is 5.77. The van der Waals surface area contributed by atoms with E-state index in [0.29, 0.717) is 12.5 Å². The molecule has 84 valence electrons. The second-order valence-electron chi connectivity index (χ2n) is 4.12. The number of rotatable bonds is 5. The van der Waals surface area contributed by atoms with Crippen molar-refractivity contribution in [2.75, 3.05) is 20.1 Å². The van der Waals surface area contributed by atoms with Gasteiger partial charge in [0, 0.05) is 6.54 Å². The molecule has 0 radical (unpaired) electrons. The molecule has 0 saturated carbocycles.